The highest BCUT2D eigenvalue weighted by molar-refractivity contribution is 7.08. The van der Waals surface area contributed by atoms with Gasteiger partial charge in [-0.15, -0.1) is 0 Å². The van der Waals surface area contributed by atoms with Crippen LogP contribution in [0.25, 0.3) is 0 Å². The Hall–Kier alpha value is -1.12. The maximum Gasteiger partial charge on any atom is 0.0371 e. The number of benzene rings is 1. The van der Waals surface area contributed by atoms with Gasteiger partial charge >= 0.3 is 0 Å². The second-order valence-corrected chi connectivity index (χ2v) is 5.05. The molecule has 2 rings (SSSR count). The molecular formula is C15H19NS. The molecule has 1 N–H and O–H groups in total. The highest BCUT2D eigenvalue weighted by atomic mass is 32.1. The number of nitrogens with one attached hydrogen (secondary N) is 1. The molecule has 0 amide bonds. The Morgan fingerprint density at radius 3 is 2.53 bits per heavy atom. The first-order chi connectivity index (χ1) is 8.31. The Morgan fingerprint density at radius 2 is 1.94 bits per heavy atom. The number of thiophene rings is 1. The van der Waals surface area contributed by atoms with Crippen LogP contribution in [0.15, 0.2) is 41.1 Å². The summed E-state index contributed by atoms with van der Waals surface area (Å²) in [6.45, 7) is 5.37. The van der Waals surface area contributed by atoms with E-state index in [0.29, 0.717) is 6.04 Å². The Bertz CT molecular complexity index is 447. The van der Waals surface area contributed by atoms with Crippen LogP contribution in [0.3, 0.4) is 0 Å². The van der Waals surface area contributed by atoms with Crippen LogP contribution in [0, 0.1) is 6.92 Å². The van der Waals surface area contributed by atoms with Crippen molar-refractivity contribution in [1.29, 1.82) is 0 Å². The van der Waals surface area contributed by atoms with E-state index in [2.05, 4.69) is 60.3 Å². The fraction of sp³-hybridized carbons (Fsp3) is 0.333. The van der Waals surface area contributed by atoms with Gasteiger partial charge in [-0.2, -0.15) is 11.3 Å². The predicted octanol–water partition coefficient (Wildman–Crippen LogP) is 3.95. The molecule has 0 saturated heterocycles. The molecule has 1 heterocycles. The van der Waals surface area contributed by atoms with Gasteiger partial charge in [-0.3, -0.25) is 0 Å². The summed E-state index contributed by atoms with van der Waals surface area (Å²) in [4.78, 5) is 0. The van der Waals surface area contributed by atoms with Crippen molar-refractivity contribution in [2.24, 2.45) is 0 Å². The lowest BCUT2D eigenvalue weighted by molar-refractivity contribution is 0.549. The SMILES string of the molecule is CCNC(Cc1ccccc1)c1cscc1C. The van der Waals surface area contributed by atoms with Crippen molar-refractivity contribution in [2.45, 2.75) is 26.3 Å². The first-order valence-electron chi connectivity index (χ1n) is 6.11. The zero-order valence-corrected chi connectivity index (χ0v) is 11.3. The van der Waals surface area contributed by atoms with Gasteiger partial charge in [0, 0.05) is 6.04 Å². The van der Waals surface area contributed by atoms with Crippen LogP contribution in [0.2, 0.25) is 0 Å². The van der Waals surface area contributed by atoms with Crippen LogP contribution >= 0.6 is 11.3 Å². The van der Waals surface area contributed by atoms with Gasteiger partial charge < -0.3 is 5.32 Å². The van der Waals surface area contributed by atoms with Gasteiger partial charge in [0.25, 0.3) is 0 Å². The molecular weight excluding hydrogens is 226 g/mol. The molecule has 1 aromatic carbocycles. The second kappa shape index (κ2) is 5.99. The van der Waals surface area contributed by atoms with Crippen LogP contribution in [-0.2, 0) is 6.42 Å². The van der Waals surface area contributed by atoms with Crippen LogP contribution in [0.1, 0.15) is 29.7 Å². The second-order valence-electron chi connectivity index (χ2n) is 4.31. The minimum atomic E-state index is 0.439. The molecule has 1 atom stereocenters. The smallest absolute Gasteiger partial charge is 0.0371 e. The number of hydrogen-bond acceptors (Lipinski definition) is 2. The van der Waals surface area contributed by atoms with Crippen LogP contribution in [0.5, 0.6) is 0 Å². The Balaban J connectivity index is 2.16. The molecule has 0 aliphatic rings. The van der Waals surface area contributed by atoms with Crippen molar-refractivity contribution in [3.63, 3.8) is 0 Å². The van der Waals surface area contributed by atoms with E-state index in [-0.39, 0.29) is 0 Å². The highest BCUT2D eigenvalue weighted by Crippen LogP contribution is 2.24. The molecule has 0 aliphatic carbocycles. The van der Waals surface area contributed by atoms with Gasteiger partial charge in [-0.1, -0.05) is 37.3 Å². The highest BCUT2D eigenvalue weighted by Gasteiger charge is 2.13. The standard InChI is InChI=1S/C15H19NS/c1-3-16-15(14-11-17-10-12(14)2)9-13-7-5-4-6-8-13/h4-8,10-11,15-16H,3,9H2,1-2H3. The van der Waals surface area contributed by atoms with Crippen LogP contribution in [0.4, 0.5) is 0 Å². The third-order valence-corrected chi connectivity index (χ3v) is 3.88. The molecule has 0 aliphatic heterocycles. The monoisotopic (exact) mass is 245 g/mol. The molecule has 0 fully saturated rings. The van der Waals surface area contributed by atoms with Crippen molar-refractivity contribution < 1.29 is 0 Å². The van der Waals surface area contributed by atoms with E-state index in [1.54, 1.807) is 11.3 Å². The average molecular weight is 245 g/mol. The fourth-order valence-corrected chi connectivity index (χ4v) is 3.02. The summed E-state index contributed by atoms with van der Waals surface area (Å²) in [5.74, 6) is 0. The predicted molar refractivity (Wildman–Crippen MR) is 75.6 cm³/mol. The molecule has 1 unspecified atom stereocenters. The van der Waals surface area contributed by atoms with E-state index in [1.807, 2.05) is 0 Å². The van der Waals surface area contributed by atoms with Crippen molar-refractivity contribution in [3.8, 4) is 0 Å². The van der Waals surface area contributed by atoms with E-state index in [9.17, 15) is 0 Å². The maximum atomic E-state index is 3.58. The minimum Gasteiger partial charge on any atom is -0.310 e. The molecule has 0 saturated carbocycles. The van der Waals surface area contributed by atoms with Crippen LogP contribution in [-0.4, -0.2) is 6.54 Å². The lowest BCUT2D eigenvalue weighted by atomic mass is 9.98. The van der Waals surface area contributed by atoms with Gasteiger partial charge in [0.1, 0.15) is 0 Å². The number of rotatable bonds is 5. The van der Waals surface area contributed by atoms with Crippen molar-refractivity contribution in [3.05, 3.63) is 57.8 Å². The number of hydrogen-bond donors (Lipinski definition) is 1. The summed E-state index contributed by atoms with van der Waals surface area (Å²) in [5.41, 5.74) is 4.24. The molecule has 0 bridgehead atoms. The third kappa shape index (κ3) is 3.18. The van der Waals surface area contributed by atoms with Crippen molar-refractivity contribution in [1.82, 2.24) is 5.32 Å². The van der Waals surface area contributed by atoms with Gasteiger partial charge in [0.15, 0.2) is 0 Å². The maximum absolute atomic E-state index is 3.58. The first-order valence-corrected chi connectivity index (χ1v) is 7.05. The van der Waals surface area contributed by atoms with E-state index in [4.69, 9.17) is 0 Å². The molecule has 90 valence electrons. The molecule has 17 heavy (non-hydrogen) atoms. The molecule has 2 aromatic rings. The van der Waals surface area contributed by atoms with Crippen LogP contribution < -0.4 is 5.32 Å². The summed E-state index contributed by atoms with van der Waals surface area (Å²) in [6.07, 6.45) is 1.06. The quantitative estimate of drug-likeness (QED) is 0.841. The van der Waals surface area contributed by atoms with Crippen molar-refractivity contribution >= 4 is 11.3 Å². The van der Waals surface area contributed by atoms with Gasteiger partial charge in [0.2, 0.25) is 0 Å². The van der Waals surface area contributed by atoms with Crippen molar-refractivity contribution in [2.75, 3.05) is 6.54 Å². The minimum absolute atomic E-state index is 0.439. The third-order valence-electron chi connectivity index (χ3n) is 3.00. The summed E-state index contributed by atoms with van der Waals surface area (Å²) in [6, 6.07) is 11.1. The van der Waals surface area contributed by atoms with Gasteiger partial charge in [-0.05, 0) is 47.3 Å². The summed E-state index contributed by atoms with van der Waals surface area (Å²) in [5, 5.41) is 8.08. The summed E-state index contributed by atoms with van der Waals surface area (Å²) >= 11 is 1.79. The first kappa shape index (κ1) is 12.3. The summed E-state index contributed by atoms with van der Waals surface area (Å²) in [7, 11) is 0. The molecule has 2 heteroatoms. The molecule has 0 radical (unpaired) electrons. The average Bonchev–Trinajstić information content (AvgIpc) is 2.76. The zero-order valence-electron chi connectivity index (χ0n) is 10.4. The zero-order chi connectivity index (χ0) is 12.1. The van der Waals surface area contributed by atoms with E-state index < -0.39 is 0 Å². The Kier molecular flexibility index (Phi) is 4.35. The van der Waals surface area contributed by atoms with E-state index in [0.717, 1.165) is 13.0 Å². The molecule has 0 spiro atoms. The Morgan fingerprint density at radius 1 is 1.18 bits per heavy atom. The van der Waals surface area contributed by atoms with E-state index in [1.165, 1.54) is 16.7 Å². The lowest BCUT2D eigenvalue weighted by Crippen LogP contribution is -2.23. The van der Waals surface area contributed by atoms with Gasteiger partial charge in [-0.25, -0.2) is 0 Å². The number of likely N-dealkylation sites (N-methyl/N-ethyl adjacent to an activating group) is 1. The number of aryl methyl sites for hydroxylation is 1. The Labute approximate surface area is 108 Å². The normalized spacial score (nSPS) is 12.6. The topological polar surface area (TPSA) is 12.0 Å². The molecule has 1 aromatic heterocycles. The lowest BCUT2D eigenvalue weighted by Gasteiger charge is -2.18. The summed E-state index contributed by atoms with van der Waals surface area (Å²) < 4.78 is 0. The molecule has 1 nitrogen and oxygen atoms in total. The van der Waals surface area contributed by atoms with E-state index >= 15 is 0 Å². The van der Waals surface area contributed by atoms with Gasteiger partial charge in [0.05, 0.1) is 0 Å². The fourth-order valence-electron chi connectivity index (χ4n) is 2.12. The largest absolute Gasteiger partial charge is 0.310 e.